The van der Waals surface area contributed by atoms with Crippen molar-refractivity contribution >= 4 is 5.97 Å². The molecule has 0 amide bonds. The maximum atomic E-state index is 10.6. The molecule has 3 nitrogen and oxygen atoms in total. The highest BCUT2D eigenvalue weighted by Gasteiger charge is 2.63. The molecule has 68 valence electrons. The van der Waals surface area contributed by atoms with Gasteiger partial charge in [0.25, 0.3) is 0 Å². The van der Waals surface area contributed by atoms with Crippen LogP contribution in [-0.4, -0.2) is 21.8 Å². The summed E-state index contributed by atoms with van der Waals surface area (Å²) in [6.45, 7) is 1.96. The number of carboxylic acid groups (broad SMARTS) is 1. The quantitative estimate of drug-likeness (QED) is 0.646. The summed E-state index contributed by atoms with van der Waals surface area (Å²) in [5.74, 6) is -0.278. The first-order valence-electron chi connectivity index (χ1n) is 4.52. The molecular weight excluding hydrogens is 156 g/mol. The van der Waals surface area contributed by atoms with Gasteiger partial charge in [-0.15, -0.1) is 0 Å². The number of rotatable bonds is 2. The SMILES string of the molecule is CCC1(O)CC2C(C1)C2C(=O)O. The Balaban J connectivity index is 1.98. The molecule has 2 aliphatic rings. The molecule has 2 N–H and O–H groups in total. The molecule has 2 atom stereocenters. The van der Waals surface area contributed by atoms with Gasteiger partial charge in [0.1, 0.15) is 0 Å². The molecule has 2 unspecified atom stereocenters. The fourth-order valence-electron chi connectivity index (χ4n) is 2.62. The van der Waals surface area contributed by atoms with Crippen LogP contribution in [0.2, 0.25) is 0 Å². The predicted molar refractivity (Wildman–Crippen MR) is 42.6 cm³/mol. The van der Waals surface area contributed by atoms with Crippen LogP contribution < -0.4 is 0 Å². The van der Waals surface area contributed by atoms with Gasteiger partial charge in [-0.3, -0.25) is 4.79 Å². The Morgan fingerprint density at radius 1 is 1.50 bits per heavy atom. The van der Waals surface area contributed by atoms with Gasteiger partial charge in [-0.1, -0.05) is 6.92 Å². The Kier molecular flexibility index (Phi) is 1.49. The van der Waals surface area contributed by atoms with E-state index in [4.69, 9.17) is 5.11 Å². The van der Waals surface area contributed by atoms with E-state index in [9.17, 15) is 9.90 Å². The molecule has 0 saturated heterocycles. The number of aliphatic carboxylic acids is 1. The lowest BCUT2D eigenvalue weighted by Crippen LogP contribution is -2.27. The minimum atomic E-state index is -0.678. The monoisotopic (exact) mass is 170 g/mol. The number of hydrogen-bond acceptors (Lipinski definition) is 2. The van der Waals surface area contributed by atoms with Crippen LogP contribution in [-0.2, 0) is 4.79 Å². The van der Waals surface area contributed by atoms with Gasteiger partial charge in [-0.2, -0.15) is 0 Å². The van der Waals surface area contributed by atoms with Gasteiger partial charge in [-0.05, 0) is 31.1 Å². The summed E-state index contributed by atoms with van der Waals surface area (Å²) in [6, 6.07) is 0. The lowest BCUT2D eigenvalue weighted by molar-refractivity contribution is -0.140. The van der Waals surface area contributed by atoms with Crippen LogP contribution in [0.4, 0.5) is 0 Å². The van der Waals surface area contributed by atoms with Crippen LogP contribution in [0.1, 0.15) is 26.2 Å². The second kappa shape index (κ2) is 2.22. The molecule has 0 aliphatic heterocycles. The predicted octanol–water partition coefficient (Wildman–Crippen LogP) is 0.868. The molecule has 0 aromatic carbocycles. The molecule has 0 spiro atoms. The Bertz CT molecular complexity index is 212. The van der Waals surface area contributed by atoms with Crippen LogP contribution in [0.25, 0.3) is 0 Å². The maximum Gasteiger partial charge on any atom is 0.307 e. The van der Waals surface area contributed by atoms with Crippen LogP contribution >= 0.6 is 0 Å². The van der Waals surface area contributed by atoms with Gasteiger partial charge in [-0.25, -0.2) is 0 Å². The van der Waals surface area contributed by atoms with Crippen molar-refractivity contribution in [3.63, 3.8) is 0 Å². The van der Waals surface area contributed by atoms with E-state index >= 15 is 0 Å². The van der Waals surface area contributed by atoms with Gasteiger partial charge in [0.15, 0.2) is 0 Å². The molecule has 3 heteroatoms. The summed E-state index contributed by atoms with van der Waals surface area (Å²) in [7, 11) is 0. The van der Waals surface area contributed by atoms with Crippen molar-refractivity contribution in [3.05, 3.63) is 0 Å². The zero-order chi connectivity index (χ0) is 8.93. The largest absolute Gasteiger partial charge is 0.481 e. The molecule has 2 rings (SSSR count). The third kappa shape index (κ3) is 0.959. The van der Waals surface area contributed by atoms with Crippen molar-refractivity contribution in [2.24, 2.45) is 17.8 Å². The van der Waals surface area contributed by atoms with E-state index in [-0.39, 0.29) is 17.8 Å². The third-order valence-electron chi connectivity index (χ3n) is 3.51. The lowest BCUT2D eigenvalue weighted by Gasteiger charge is -2.22. The van der Waals surface area contributed by atoms with Gasteiger partial charge in [0.05, 0.1) is 11.5 Å². The zero-order valence-electron chi connectivity index (χ0n) is 7.16. The van der Waals surface area contributed by atoms with E-state index in [2.05, 4.69) is 0 Å². The van der Waals surface area contributed by atoms with Crippen LogP contribution in [0.3, 0.4) is 0 Å². The molecule has 0 heterocycles. The Morgan fingerprint density at radius 2 is 2.00 bits per heavy atom. The zero-order valence-corrected chi connectivity index (χ0v) is 7.16. The summed E-state index contributed by atoms with van der Waals surface area (Å²) in [4.78, 5) is 10.6. The van der Waals surface area contributed by atoms with Crippen LogP contribution in [0, 0.1) is 17.8 Å². The fraction of sp³-hybridized carbons (Fsp3) is 0.889. The number of carbonyl (C=O) groups is 1. The van der Waals surface area contributed by atoms with E-state index in [1.165, 1.54) is 0 Å². The molecule has 0 aromatic rings. The molecule has 0 aromatic heterocycles. The smallest absolute Gasteiger partial charge is 0.307 e. The van der Waals surface area contributed by atoms with E-state index in [0.29, 0.717) is 12.8 Å². The first kappa shape index (κ1) is 8.05. The Morgan fingerprint density at radius 3 is 2.33 bits per heavy atom. The van der Waals surface area contributed by atoms with Crippen molar-refractivity contribution in [2.45, 2.75) is 31.8 Å². The van der Waals surface area contributed by atoms with Gasteiger partial charge >= 0.3 is 5.97 Å². The number of hydrogen-bond donors (Lipinski definition) is 2. The summed E-state index contributed by atoms with van der Waals surface area (Å²) in [5, 5.41) is 18.5. The highest BCUT2D eigenvalue weighted by atomic mass is 16.4. The van der Waals surface area contributed by atoms with Crippen molar-refractivity contribution < 1.29 is 15.0 Å². The Hall–Kier alpha value is -0.570. The molecule has 0 radical (unpaired) electrons. The van der Waals surface area contributed by atoms with E-state index in [1.807, 2.05) is 6.92 Å². The van der Waals surface area contributed by atoms with Crippen molar-refractivity contribution in [1.29, 1.82) is 0 Å². The van der Waals surface area contributed by atoms with Crippen molar-refractivity contribution in [3.8, 4) is 0 Å². The minimum absolute atomic E-state index is 0.142. The van der Waals surface area contributed by atoms with E-state index in [1.54, 1.807) is 0 Å². The second-order valence-electron chi connectivity index (χ2n) is 4.18. The number of aliphatic hydroxyl groups is 1. The van der Waals surface area contributed by atoms with Gasteiger partial charge in [0, 0.05) is 0 Å². The van der Waals surface area contributed by atoms with E-state index < -0.39 is 11.6 Å². The first-order chi connectivity index (χ1) is 5.57. The molecule has 2 saturated carbocycles. The Labute approximate surface area is 71.4 Å². The van der Waals surface area contributed by atoms with Crippen molar-refractivity contribution in [2.75, 3.05) is 0 Å². The number of fused-ring (bicyclic) bond motifs is 1. The topological polar surface area (TPSA) is 57.5 Å². The molecular formula is C9H14O3. The van der Waals surface area contributed by atoms with Gasteiger partial charge < -0.3 is 10.2 Å². The molecule has 2 fully saturated rings. The molecule has 12 heavy (non-hydrogen) atoms. The fourth-order valence-corrected chi connectivity index (χ4v) is 2.62. The van der Waals surface area contributed by atoms with Crippen LogP contribution in [0.15, 0.2) is 0 Å². The summed E-state index contributed by atoms with van der Waals surface area (Å²) < 4.78 is 0. The molecule has 2 aliphatic carbocycles. The molecule has 0 bridgehead atoms. The summed E-state index contributed by atoms with van der Waals surface area (Å²) in [6.07, 6.45) is 2.16. The standard InChI is InChI=1S/C9H14O3/c1-2-9(12)3-5-6(4-9)7(5)8(10)11/h5-7,12H,2-4H2,1H3,(H,10,11). The maximum absolute atomic E-state index is 10.6. The van der Waals surface area contributed by atoms with Crippen molar-refractivity contribution in [1.82, 2.24) is 0 Å². The lowest BCUT2D eigenvalue weighted by atomic mass is 9.92. The second-order valence-corrected chi connectivity index (χ2v) is 4.18. The first-order valence-corrected chi connectivity index (χ1v) is 4.52. The average molecular weight is 170 g/mol. The van der Waals surface area contributed by atoms with Gasteiger partial charge in [0.2, 0.25) is 0 Å². The minimum Gasteiger partial charge on any atom is -0.481 e. The highest BCUT2D eigenvalue weighted by Crippen LogP contribution is 2.61. The third-order valence-corrected chi connectivity index (χ3v) is 3.51. The number of carboxylic acids is 1. The average Bonchev–Trinajstić information content (AvgIpc) is 2.52. The normalized spacial score (nSPS) is 50.3. The van der Waals surface area contributed by atoms with Crippen LogP contribution in [0.5, 0.6) is 0 Å². The van der Waals surface area contributed by atoms with E-state index in [0.717, 1.165) is 6.42 Å². The summed E-state index contributed by atoms with van der Waals surface area (Å²) >= 11 is 0. The highest BCUT2D eigenvalue weighted by molar-refractivity contribution is 5.74. The summed E-state index contributed by atoms with van der Waals surface area (Å²) in [5.41, 5.74) is -0.540.